The molecule has 100 valence electrons. The van der Waals surface area contributed by atoms with Gasteiger partial charge in [0.15, 0.2) is 4.77 Å². The number of hydrogen-bond donors (Lipinski definition) is 1. The SMILES string of the molecule is CCN(Cc1ccccn1)c1n[nH]c(=S)n1C1CC1. The van der Waals surface area contributed by atoms with Crippen molar-refractivity contribution < 1.29 is 0 Å². The number of anilines is 1. The Hall–Kier alpha value is -1.69. The summed E-state index contributed by atoms with van der Waals surface area (Å²) in [5, 5.41) is 7.30. The molecule has 0 radical (unpaired) electrons. The van der Waals surface area contributed by atoms with Gasteiger partial charge in [-0.15, -0.1) is 5.10 Å². The molecule has 5 nitrogen and oxygen atoms in total. The van der Waals surface area contributed by atoms with Crippen LogP contribution in [0.25, 0.3) is 0 Å². The first-order chi connectivity index (χ1) is 9.29. The summed E-state index contributed by atoms with van der Waals surface area (Å²) in [6.45, 7) is 3.75. The molecule has 1 aliphatic carbocycles. The molecular weight excluding hydrogens is 258 g/mol. The predicted octanol–water partition coefficient (Wildman–Crippen LogP) is 2.70. The largest absolute Gasteiger partial charge is 0.335 e. The fourth-order valence-electron chi connectivity index (χ4n) is 2.19. The van der Waals surface area contributed by atoms with E-state index in [-0.39, 0.29) is 0 Å². The van der Waals surface area contributed by atoms with Crippen LogP contribution >= 0.6 is 12.2 Å². The van der Waals surface area contributed by atoms with E-state index in [1.165, 1.54) is 12.8 Å². The van der Waals surface area contributed by atoms with Crippen molar-refractivity contribution in [2.45, 2.75) is 32.4 Å². The van der Waals surface area contributed by atoms with Gasteiger partial charge < -0.3 is 4.90 Å². The van der Waals surface area contributed by atoms with E-state index >= 15 is 0 Å². The first kappa shape index (κ1) is 12.3. The van der Waals surface area contributed by atoms with Gasteiger partial charge in [-0.05, 0) is 44.1 Å². The lowest BCUT2D eigenvalue weighted by molar-refractivity contribution is 0.677. The van der Waals surface area contributed by atoms with Crippen molar-refractivity contribution in [3.05, 3.63) is 34.9 Å². The third kappa shape index (κ3) is 2.53. The van der Waals surface area contributed by atoms with E-state index < -0.39 is 0 Å². The molecule has 1 saturated carbocycles. The van der Waals surface area contributed by atoms with Gasteiger partial charge in [-0.1, -0.05) is 6.07 Å². The van der Waals surface area contributed by atoms with Crippen LogP contribution < -0.4 is 4.90 Å². The van der Waals surface area contributed by atoms with Crippen LogP contribution in [0.2, 0.25) is 0 Å². The highest BCUT2D eigenvalue weighted by Crippen LogP contribution is 2.37. The average Bonchev–Trinajstić information content (AvgIpc) is 3.20. The summed E-state index contributed by atoms with van der Waals surface area (Å²) in [5.74, 6) is 0.931. The normalized spacial score (nSPS) is 14.6. The van der Waals surface area contributed by atoms with E-state index in [0.717, 1.165) is 29.5 Å². The van der Waals surface area contributed by atoms with E-state index in [4.69, 9.17) is 12.2 Å². The standard InChI is InChI=1S/C13H17N5S/c1-2-17(9-10-5-3-4-8-14-10)12-15-16-13(19)18(12)11-6-7-11/h3-5,8,11H,2,6-7,9H2,1H3,(H,16,19). The number of nitrogens with one attached hydrogen (secondary N) is 1. The van der Waals surface area contributed by atoms with Crippen molar-refractivity contribution >= 4 is 18.2 Å². The molecule has 2 aromatic rings. The van der Waals surface area contributed by atoms with Crippen molar-refractivity contribution in [1.29, 1.82) is 0 Å². The summed E-state index contributed by atoms with van der Waals surface area (Å²) in [7, 11) is 0. The predicted molar refractivity (Wildman–Crippen MR) is 76.6 cm³/mol. The molecule has 1 N–H and O–H groups in total. The second-order valence-corrected chi connectivity index (χ2v) is 5.15. The van der Waals surface area contributed by atoms with Gasteiger partial charge in [-0.3, -0.25) is 9.55 Å². The average molecular weight is 275 g/mol. The van der Waals surface area contributed by atoms with E-state index in [9.17, 15) is 0 Å². The van der Waals surface area contributed by atoms with Crippen LogP contribution in [0.1, 0.15) is 31.5 Å². The van der Waals surface area contributed by atoms with Crippen molar-refractivity contribution in [3.8, 4) is 0 Å². The van der Waals surface area contributed by atoms with Gasteiger partial charge in [-0.25, -0.2) is 5.10 Å². The summed E-state index contributed by atoms with van der Waals surface area (Å²) >= 11 is 5.32. The zero-order valence-electron chi connectivity index (χ0n) is 10.9. The van der Waals surface area contributed by atoms with Gasteiger partial charge in [0.1, 0.15) is 0 Å². The molecule has 0 spiro atoms. The molecule has 19 heavy (non-hydrogen) atoms. The molecule has 0 aliphatic heterocycles. The molecule has 1 fully saturated rings. The highest BCUT2D eigenvalue weighted by Gasteiger charge is 2.29. The Kier molecular flexibility index (Phi) is 3.33. The van der Waals surface area contributed by atoms with E-state index in [2.05, 4.69) is 31.6 Å². The minimum atomic E-state index is 0.527. The number of aromatic amines is 1. The molecular formula is C13H17N5S. The number of nitrogens with zero attached hydrogens (tertiary/aromatic N) is 4. The van der Waals surface area contributed by atoms with Crippen molar-refractivity contribution in [2.24, 2.45) is 0 Å². The second-order valence-electron chi connectivity index (χ2n) is 4.77. The first-order valence-electron chi connectivity index (χ1n) is 6.61. The van der Waals surface area contributed by atoms with Crippen LogP contribution in [-0.4, -0.2) is 26.3 Å². The Bertz CT molecular complexity index is 599. The van der Waals surface area contributed by atoms with E-state index in [1.54, 1.807) is 0 Å². The molecule has 0 saturated heterocycles. The second kappa shape index (κ2) is 5.13. The number of pyridine rings is 1. The maximum absolute atomic E-state index is 5.32. The van der Waals surface area contributed by atoms with E-state index in [1.807, 2.05) is 24.4 Å². The maximum atomic E-state index is 5.32. The van der Waals surface area contributed by atoms with Crippen LogP contribution in [-0.2, 0) is 6.54 Å². The lowest BCUT2D eigenvalue weighted by atomic mass is 10.3. The fourth-order valence-corrected chi connectivity index (χ4v) is 2.47. The highest BCUT2D eigenvalue weighted by molar-refractivity contribution is 7.71. The first-order valence-corrected chi connectivity index (χ1v) is 7.02. The molecule has 1 aliphatic rings. The van der Waals surface area contributed by atoms with Gasteiger partial charge in [0.2, 0.25) is 5.95 Å². The third-order valence-electron chi connectivity index (χ3n) is 3.34. The Morgan fingerprint density at radius 3 is 2.95 bits per heavy atom. The summed E-state index contributed by atoms with van der Waals surface area (Å²) in [6, 6.07) is 6.50. The summed E-state index contributed by atoms with van der Waals surface area (Å²) < 4.78 is 2.86. The zero-order valence-corrected chi connectivity index (χ0v) is 11.7. The maximum Gasteiger partial charge on any atom is 0.226 e. The molecule has 2 aromatic heterocycles. The molecule has 2 heterocycles. The van der Waals surface area contributed by atoms with Crippen molar-refractivity contribution in [3.63, 3.8) is 0 Å². The van der Waals surface area contributed by atoms with Crippen molar-refractivity contribution in [1.82, 2.24) is 19.7 Å². The molecule has 0 atom stereocenters. The molecule has 0 bridgehead atoms. The topological polar surface area (TPSA) is 49.7 Å². The number of aromatic nitrogens is 4. The van der Waals surface area contributed by atoms with Gasteiger partial charge in [0.05, 0.1) is 12.2 Å². The van der Waals surface area contributed by atoms with Gasteiger partial charge in [-0.2, -0.15) is 0 Å². The molecule has 0 unspecified atom stereocenters. The number of H-pyrrole nitrogens is 1. The quantitative estimate of drug-likeness (QED) is 0.852. The molecule has 0 aromatic carbocycles. The van der Waals surface area contributed by atoms with Gasteiger partial charge in [0, 0.05) is 18.8 Å². The van der Waals surface area contributed by atoms with Crippen molar-refractivity contribution in [2.75, 3.05) is 11.4 Å². The summed E-state index contributed by atoms with van der Waals surface area (Å²) in [4.78, 5) is 6.58. The minimum absolute atomic E-state index is 0.527. The van der Waals surface area contributed by atoms with Crippen LogP contribution in [0.15, 0.2) is 24.4 Å². The Morgan fingerprint density at radius 1 is 1.47 bits per heavy atom. The number of rotatable bonds is 5. The third-order valence-corrected chi connectivity index (χ3v) is 3.63. The lowest BCUT2D eigenvalue weighted by Crippen LogP contribution is -2.26. The Morgan fingerprint density at radius 2 is 2.32 bits per heavy atom. The monoisotopic (exact) mass is 275 g/mol. The van der Waals surface area contributed by atoms with Gasteiger partial charge >= 0.3 is 0 Å². The fraction of sp³-hybridized carbons (Fsp3) is 0.462. The minimum Gasteiger partial charge on any atom is -0.335 e. The smallest absolute Gasteiger partial charge is 0.226 e. The van der Waals surface area contributed by atoms with Crippen LogP contribution in [0.5, 0.6) is 0 Å². The summed E-state index contributed by atoms with van der Waals surface area (Å²) in [6.07, 6.45) is 4.21. The number of hydrogen-bond acceptors (Lipinski definition) is 4. The molecule has 6 heteroatoms. The highest BCUT2D eigenvalue weighted by atomic mass is 32.1. The Labute approximate surface area is 117 Å². The zero-order chi connectivity index (χ0) is 13.2. The van der Waals surface area contributed by atoms with Crippen LogP contribution in [0.3, 0.4) is 0 Å². The van der Waals surface area contributed by atoms with E-state index in [0.29, 0.717) is 6.04 Å². The van der Waals surface area contributed by atoms with Gasteiger partial charge in [0.25, 0.3) is 0 Å². The van der Waals surface area contributed by atoms with Crippen LogP contribution in [0, 0.1) is 4.77 Å². The molecule has 3 rings (SSSR count). The summed E-state index contributed by atoms with van der Waals surface area (Å²) in [5.41, 5.74) is 1.04. The lowest BCUT2D eigenvalue weighted by Gasteiger charge is -2.21. The Balaban J connectivity index is 1.88. The molecule has 0 amide bonds. The van der Waals surface area contributed by atoms with Crippen LogP contribution in [0.4, 0.5) is 5.95 Å².